The molecule has 1 N–H and O–H groups in total. The van der Waals surface area contributed by atoms with Crippen molar-refractivity contribution in [2.24, 2.45) is 0 Å². The summed E-state index contributed by atoms with van der Waals surface area (Å²) in [5, 5.41) is 7.34. The third-order valence-corrected chi connectivity index (χ3v) is 3.41. The number of benzene rings is 1. The van der Waals surface area contributed by atoms with E-state index in [2.05, 4.69) is 15.4 Å². The number of rotatable bonds is 3. The number of nitrogens with one attached hydrogen (secondary N) is 1. The van der Waals surface area contributed by atoms with Gasteiger partial charge in [0.05, 0.1) is 12.2 Å². The van der Waals surface area contributed by atoms with Crippen molar-refractivity contribution in [2.75, 3.05) is 11.9 Å². The normalized spacial score (nSPS) is 17.1. The SMILES string of the molecule is CCOC(=O)C1=C(C)Nc2ncnn2[C@@H]1c1ccccc1. The van der Waals surface area contributed by atoms with Crippen LogP contribution in [0.3, 0.4) is 0 Å². The van der Waals surface area contributed by atoms with Crippen LogP contribution in [0.5, 0.6) is 0 Å². The molecule has 6 nitrogen and oxygen atoms in total. The van der Waals surface area contributed by atoms with Crippen molar-refractivity contribution in [1.29, 1.82) is 0 Å². The molecule has 0 bridgehead atoms. The van der Waals surface area contributed by atoms with E-state index in [1.807, 2.05) is 37.3 Å². The zero-order valence-corrected chi connectivity index (χ0v) is 11.9. The number of fused-ring (bicyclic) bond motifs is 1. The molecule has 0 aliphatic carbocycles. The maximum absolute atomic E-state index is 12.3. The van der Waals surface area contributed by atoms with Gasteiger partial charge in [0.2, 0.25) is 5.95 Å². The second-order valence-corrected chi connectivity index (χ2v) is 4.73. The molecule has 2 aromatic rings. The largest absolute Gasteiger partial charge is 0.463 e. The van der Waals surface area contributed by atoms with Crippen LogP contribution in [0.2, 0.25) is 0 Å². The summed E-state index contributed by atoms with van der Waals surface area (Å²) in [6, 6.07) is 9.41. The van der Waals surface area contributed by atoms with Gasteiger partial charge < -0.3 is 10.1 Å². The van der Waals surface area contributed by atoms with Crippen LogP contribution < -0.4 is 5.32 Å². The van der Waals surface area contributed by atoms with Gasteiger partial charge in [-0.3, -0.25) is 0 Å². The molecule has 1 atom stereocenters. The van der Waals surface area contributed by atoms with Crippen LogP contribution in [0.15, 0.2) is 47.9 Å². The van der Waals surface area contributed by atoms with Gasteiger partial charge in [-0.1, -0.05) is 30.3 Å². The number of hydrogen-bond donors (Lipinski definition) is 1. The fraction of sp³-hybridized carbons (Fsp3) is 0.267. The molecule has 6 heteroatoms. The van der Waals surface area contributed by atoms with Gasteiger partial charge in [-0.05, 0) is 19.4 Å². The summed E-state index contributed by atoms with van der Waals surface area (Å²) in [6.45, 7) is 3.98. The molecule has 0 fully saturated rings. The molecule has 0 spiro atoms. The van der Waals surface area contributed by atoms with E-state index in [1.54, 1.807) is 11.6 Å². The molecule has 0 saturated heterocycles. The Kier molecular flexibility index (Phi) is 3.43. The summed E-state index contributed by atoms with van der Waals surface area (Å²) in [4.78, 5) is 16.5. The quantitative estimate of drug-likeness (QED) is 0.874. The van der Waals surface area contributed by atoms with Gasteiger partial charge in [-0.2, -0.15) is 10.1 Å². The molecule has 0 unspecified atom stereocenters. The minimum Gasteiger partial charge on any atom is -0.463 e. The first-order chi connectivity index (χ1) is 10.2. The van der Waals surface area contributed by atoms with Gasteiger partial charge >= 0.3 is 5.97 Å². The van der Waals surface area contributed by atoms with Gasteiger partial charge in [0.1, 0.15) is 12.4 Å². The number of ether oxygens (including phenoxy) is 1. The molecule has 3 rings (SSSR count). The van der Waals surface area contributed by atoms with Crippen molar-refractivity contribution < 1.29 is 9.53 Å². The Morgan fingerprint density at radius 3 is 2.86 bits per heavy atom. The third kappa shape index (κ3) is 2.29. The number of aromatic nitrogens is 3. The number of allylic oxidation sites excluding steroid dienone is 1. The lowest BCUT2D eigenvalue weighted by Crippen LogP contribution is -2.29. The smallest absolute Gasteiger partial charge is 0.338 e. The number of esters is 1. The van der Waals surface area contributed by atoms with Crippen LogP contribution in [-0.2, 0) is 9.53 Å². The monoisotopic (exact) mass is 284 g/mol. The second-order valence-electron chi connectivity index (χ2n) is 4.73. The zero-order chi connectivity index (χ0) is 14.8. The molecule has 1 aromatic carbocycles. The van der Waals surface area contributed by atoms with E-state index >= 15 is 0 Å². The van der Waals surface area contributed by atoms with E-state index < -0.39 is 0 Å². The third-order valence-electron chi connectivity index (χ3n) is 3.41. The van der Waals surface area contributed by atoms with E-state index in [-0.39, 0.29) is 12.0 Å². The fourth-order valence-electron chi connectivity index (χ4n) is 2.51. The first-order valence-electron chi connectivity index (χ1n) is 6.81. The van der Waals surface area contributed by atoms with E-state index in [0.29, 0.717) is 18.1 Å². The van der Waals surface area contributed by atoms with Crippen LogP contribution in [0.25, 0.3) is 0 Å². The second kappa shape index (κ2) is 5.40. The summed E-state index contributed by atoms with van der Waals surface area (Å²) in [6.07, 6.45) is 1.47. The average molecular weight is 284 g/mol. The predicted molar refractivity (Wildman–Crippen MR) is 77.6 cm³/mol. The molecular weight excluding hydrogens is 268 g/mol. The number of hydrogen-bond acceptors (Lipinski definition) is 5. The van der Waals surface area contributed by atoms with Gasteiger partial charge in [-0.25, -0.2) is 9.48 Å². The highest BCUT2D eigenvalue weighted by Gasteiger charge is 2.33. The van der Waals surface area contributed by atoms with E-state index in [4.69, 9.17) is 4.74 Å². The first-order valence-corrected chi connectivity index (χ1v) is 6.81. The number of anilines is 1. The summed E-state index contributed by atoms with van der Waals surface area (Å²) < 4.78 is 6.90. The fourth-order valence-corrected chi connectivity index (χ4v) is 2.51. The molecular formula is C15H16N4O2. The van der Waals surface area contributed by atoms with Crippen molar-refractivity contribution in [3.63, 3.8) is 0 Å². The Bertz CT molecular complexity index is 691. The first kappa shape index (κ1) is 13.4. The van der Waals surface area contributed by atoms with Crippen LogP contribution >= 0.6 is 0 Å². The average Bonchev–Trinajstić information content (AvgIpc) is 2.94. The highest BCUT2D eigenvalue weighted by molar-refractivity contribution is 5.92. The maximum atomic E-state index is 12.3. The minimum absolute atomic E-state index is 0.330. The Hall–Kier alpha value is -2.63. The molecule has 2 heterocycles. The highest BCUT2D eigenvalue weighted by atomic mass is 16.5. The van der Waals surface area contributed by atoms with Crippen molar-refractivity contribution >= 4 is 11.9 Å². The Balaban J connectivity index is 2.13. The van der Waals surface area contributed by atoms with Gasteiger partial charge in [0.15, 0.2) is 0 Å². The van der Waals surface area contributed by atoms with Crippen LogP contribution in [0.1, 0.15) is 25.5 Å². The Morgan fingerprint density at radius 1 is 1.38 bits per heavy atom. The van der Waals surface area contributed by atoms with Crippen molar-refractivity contribution in [2.45, 2.75) is 19.9 Å². The standard InChI is InChI=1S/C15H16N4O2/c1-3-21-14(20)12-10(2)18-15-16-9-17-19(15)13(12)11-7-5-4-6-8-11/h4-9,13H,3H2,1-2H3,(H,16,17,18)/t13-/m1/s1. The summed E-state index contributed by atoms with van der Waals surface area (Å²) in [5.74, 6) is 0.284. The molecule has 21 heavy (non-hydrogen) atoms. The van der Waals surface area contributed by atoms with Crippen molar-refractivity contribution in [1.82, 2.24) is 14.8 Å². The van der Waals surface area contributed by atoms with Crippen molar-refractivity contribution in [3.8, 4) is 0 Å². The van der Waals surface area contributed by atoms with Crippen LogP contribution in [-0.4, -0.2) is 27.3 Å². The summed E-state index contributed by atoms with van der Waals surface area (Å²) in [5.41, 5.74) is 2.26. The van der Waals surface area contributed by atoms with E-state index in [0.717, 1.165) is 11.3 Å². The zero-order valence-electron chi connectivity index (χ0n) is 11.9. The molecule has 1 aliphatic heterocycles. The topological polar surface area (TPSA) is 69.0 Å². The van der Waals surface area contributed by atoms with Crippen LogP contribution in [0.4, 0.5) is 5.95 Å². The summed E-state index contributed by atoms with van der Waals surface area (Å²) >= 11 is 0. The molecule has 1 aliphatic rings. The van der Waals surface area contributed by atoms with E-state index in [9.17, 15) is 4.79 Å². The lowest BCUT2D eigenvalue weighted by Gasteiger charge is -2.28. The van der Waals surface area contributed by atoms with Crippen molar-refractivity contribution in [3.05, 3.63) is 53.5 Å². The molecule has 0 saturated carbocycles. The maximum Gasteiger partial charge on any atom is 0.338 e. The number of carbonyl (C=O) groups excluding carboxylic acids is 1. The Labute approximate surface area is 122 Å². The van der Waals surface area contributed by atoms with Crippen LogP contribution in [0, 0.1) is 0 Å². The lowest BCUT2D eigenvalue weighted by molar-refractivity contribution is -0.139. The summed E-state index contributed by atoms with van der Waals surface area (Å²) in [7, 11) is 0. The predicted octanol–water partition coefficient (Wildman–Crippen LogP) is 2.13. The molecule has 1 aromatic heterocycles. The molecule has 0 radical (unpaired) electrons. The van der Waals surface area contributed by atoms with Gasteiger partial charge in [-0.15, -0.1) is 0 Å². The number of carbonyl (C=O) groups is 1. The lowest BCUT2D eigenvalue weighted by atomic mass is 9.96. The number of nitrogens with zero attached hydrogens (tertiary/aromatic N) is 3. The Morgan fingerprint density at radius 2 is 2.14 bits per heavy atom. The molecule has 0 amide bonds. The minimum atomic E-state index is -0.336. The van der Waals surface area contributed by atoms with E-state index in [1.165, 1.54) is 6.33 Å². The molecule has 108 valence electrons. The van der Waals surface area contributed by atoms with Gasteiger partial charge in [0, 0.05) is 5.70 Å². The highest BCUT2D eigenvalue weighted by Crippen LogP contribution is 2.34. The van der Waals surface area contributed by atoms with Gasteiger partial charge in [0.25, 0.3) is 0 Å².